The molecule has 4 nitrogen and oxygen atoms in total. The number of aromatic hydroxyl groups is 1. The summed E-state index contributed by atoms with van der Waals surface area (Å²) in [6.07, 6.45) is 0. The van der Waals surface area contributed by atoms with E-state index in [9.17, 15) is 10.4 Å². The summed E-state index contributed by atoms with van der Waals surface area (Å²) >= 11 is 0. The minimum Gasteiger partial charge on any atom is -0.507 e. The Labute approximate surface area is 179 Å². The fraction of sp³-hybridized carbons (Fsp3) is 0.458. The first-order valence-corrected chi connectivity index (χ1v) is 12.4. The molecule has 0 atom stereocenters. The van der Waals surface area contributed by atoms with Crippen molar-refractivity contribution in [3.63, 3.8) is 0 Å². The summed E-state index contributed by atoms with van der Waals surface area (Å²) in [5.41, 5.74) is 4.57. The summed E-state index contributed by atoms with van der Waals surface area (Å²) in [7, 11) is -0.636. The van der Waals surface area contributed by atoms with Crippen LogP contribution in [0.4, 0.5) is 4.39 Å². The molecule has 160 valence electrons. The van der Waals surface area contributed by atoms with Crippen LogP contribution in [0.15, 0.2) is 18.2 Å². The molecule has 0 aliphatic rings. The Balaban J connectivity index is 2.83. The highest BCUT2D eigenvalue weighted by Gasteiger charge is 2.41. The third kappa shape index (κ3) is 4.31. The lowest BCUT2D eigenvalue weighted by Crippen LogP contribution is -2.43. The minimum absolute atomic E-state index is 0.00912. The molecule has 0 fully saturated rings. The second-order valence-electron chi connectivity index (χ2n) is 8.46. The molecular weight excluding hydrogens is 397 g/mol. The van der Waals surface area contributed by atoms with Crippen LogP contribution in [0.1, 0.15) is 52.7 Å². The van der Waals surface area contributed by atoms with Crippen molar-refractivity contribution in [2.75, 3.05) is 13.9 Å². The number of methoxy groups -OCH3 is 1. The molecule has 2 aromatic carbocycles. The van der Waals surface area contributed by atoms with E-state index >= 15 is 4.39 Å². The molecule has 0 saturated heterocycles. The Bertz CT molecular complexity index is 1010. The van der Waals surface area contributed by atoms with Crippen LogP contribution in [0, 0.1) is 28.6 Å². The van der Waals surface area contributed by atoms with Crippen molar-refractivity contribution in [2.45, 2.75) is 58.2 Å². The van der Waals surface area contributed by atoms with Crippen molar-refractivity contribution in [1.82, 2.24) is 0 Å². The maximum absolute atomic E-state index is 15.2. The van der Waals surface area contributed by atoms with Gasteiger partial charge in [-0.25, -0.2) is 4.39 Å². The Morgan fingerprint density at radius 3 is 2.17 bits per heavy atom. The molecule has 30 heavy (non-hydrogen) atoms. The van der Waals surface area contributed by atoms with Crippen molar-refractivity contribution in [2.24, 2.45) is 0 Å². The summed E-state index contributed by atoms with van der Waals surface area (Å²) in [6, 6.07) is 6.37. The van der Waals surface area contributed by atoms with Crippen LogP contribution in [0.2, 0.25) is 16.6 Å². The SMILES string of the molecule is COCOc1cc(O)c2c(C#C[Si](C(C)C)(C(C)C)C(C)C)c(F)c(C#N)cc2c1. The highest BCUT2D eigenvalue weighted by atomic mass is 28.3. The molecule has 2 rings (SSSR count). The molecule has 0 aromatic heterocycles. The van der Waals surface area contributed by atoms with Gasteiger partial charge in [0.2, 0.25) is 0 Å². The molecule has 1 N–H and O–H groups in total. The van der Waals surface area contributed by atoms with E-state index in [1.54, 1.807) is 6.07 Å². The summed E-state index contributed by atoms with van der Waals surface area (Å²) in [5.74, 6) is 2.61. The number of fused-ring (bicyclic) bond motifs is 1. The van der Waals surface area contributed by atoms with Crippen LogP contribution in [0.3, 0.4) is 0 Å². The Kier molecular flexibility index (Phi) is 7.52. The van der Waals surface area contributed by atoms with Gasteiger partial charge in [-0.1, -0.05) is 47.5 Å². The predicted molar refractivity (Wildman–Crippen MR) is 121 cm³/mol. The average molecular weight is 428 g/mol. The second kappa shape index (κ2) is 9.51. The van der Waals surface area contributed by atoms with Crippen LogP contribution in [-0.4, -0.2) is 27.1 Å². The zero-order valence-electron chi connectivity index (χ0n) is 18.8. The smallest absolute Gasteiger partial charge is 0.188 e. The van der Waals surface area contributed by atoms with Gasteiger partial charge in [0, 0.05) is 18.6 Å². The number of phenolic OH excluding ortho intramolecular Hbond substituents is 1. The van der Waals surface area contributed by atoms with Gasteiger partial charge in [0.05, 0.1) is 11.1 Å². The second-order valence-corrected chi connectivity index (χ2v) is 14.0. The van der Waals surface area contributed by atoms with Gasteiger partial charge in [0.1, 0.15) is 25.6 Å². The molecule has 0 aliphatic heterocycles. The van der Waals surface area contributed by atoms with Crippen molar-refractivity contribution in [3.8, 4) is 29.0 Å². The number of phenols is 1. The van der Waals surface area contributed by atoms with Crippen molar-refractivity contribution < 1.29 is 19.0 Å². The topological polar surface area (TPSA) is 62.5 Å². The quantitative estimate of drug-likeness (QED) is 0.343. The zero-order chi connectivity index (χ0) is 22.6. The Morgan fingerprint density at radius 2 is 1.67 bits per heavy atom. The van der Waals surface area contributed by atoms with Gasteiger partial charge in [0.15, 0.2) is 12.6 Å². The third-order valence-corrected chi connectivity index (χ3v) is 12.2. The van der Waals surface area contributed by atoms with Crippen molar-refractivity contribution in [1.29, 1.82) is 5.26 Å². The number of hydrogen-bond donors (Lipinski definition) is 1. The lowest BCUT2D eigenvalue weighted by Gasteiger charge is -2.38. The van der Waals surface area contributed by atoms with E-state index in [2.05, 4.69) is 53.0 Å². The molecular formula is C24H30FNO3Si. The highest BCUT2D eigenvalue weighted by molar-refractivity contribution is 6.90. The van der Waals surface area contributed by atoms with Gasteiger partial charge in [-0.05, 0) is 34.1 Å². The van der Waals surface area contributed by atoms with Gasteiger partial charge in [-0.15, -0.1) is 5.54 Å². The van der Waals surface area contributed by atoms with E-state index in [4.69, 9.17) is 9.47 Å². The first-order chi connectivity index (χ1) is 14.1. The van der Waals surface area contributed by atoms with Gasteiger partial charge >= 0.3 is 0 Å². The number of nitriles is 1. The maximum atomic E-state index is 15.2. The number of benzene rings is 2. The number of ether oxygens (including phenoxy) is 2. The molecule has 0 radical (unpaired) electrons. The van der Waals surface area contributed by atoms with E-state index in [0.717, 1.165) is 0 Å². The normalized spacial score (nSPS) is 11.7. The largest absolute Gasteiger partial charge is 0.507 e. The van der Waals surface area contributed by atoms with E-state index in [-0.39, 0.29) is 23.7 Å². The van der Waals surface area contributed by atoms with E-state index in [1.807, 2.05) is 6.07 Å². The average Bonchev–Trinajstić information content (AvgIpc) is 2.67. The standard InChI is InChI=1S/C24H30FNO3Si/c1-15(2)30(16(3)4,17(5)6)9-8-21-23-18(10-19(13-26)24(21)25)11-20(12-22(23)27)29-14-28-7/h10-12,15-17,27H,14H2,1-7H3. The maximum Gasteiger partial charge on any atom is 0.188 e. The first-order valence-electron chi connectivity index (χ1n) is 10.1. The van der Waals surface area contributed by atoms with E-state index < -0.39 is 13.9 Å². The van der Waals surface area contributed by atoms with E-state index in [0.29, 0.717) is 33.1 Å². The zero-order valence-corrected chi connectivity index (χ0v) is 19.8. The monoisotopic (exact) mass is 427 g/mol. The fourth-order valence-electron chi connectivity index (χ4n) is 4.48. The van der Waals surface area contributed by atoms with Crippen LogP contribution in [0.25, 0.3) is 10.8 Å². The molecule has 0 heterocycles. The summed E-state index contributed by atoms with van der Waals surface area (Å²) in [6.45, 7) is 13.1. The number of rotatable bonds is 6. The minimum atomic E-state index is -2.13. The van der Waals surface area contributed by atoms with Gasteiger partial charge < -0.3 is 14.6 Å². The molecule has 2 aromatic rings. The lowest BCUT2D eigenvalue weighted by molar-refractivity contribution is 0.0511. The highest BCUT2D eigenvalue weighted by Crippen LogP contribution is 2.41. The van der Waals surface area contributed by atoms with Crippen LogP contribution in [0.5, 0.6) is 11.5 Å². The first kappa shape index (κ1) is 23.7. The van der Waals surface area contributed by atoms with Crippen LogP contribution >= 0.6 is 0 Å². The molecule has 0 spiro atoms. The Hall–Kier alpha value is -2.54. The number of hydrogen-bond acceptors (Lipinski definition) is 4. The predicted octanol–water partition coefficient (Wildman–Crippen LogP) is 6.11. The van der Waals surface area contributed by atoms with Gasteiger partial charge in [-0.2, -0.15) is 5.26 Å². The number of halogens is 1. The lowest BCUT2D eigenvalue weighted by atomic mass is 9.99. The summed E-state index contributed by atoms with van der Waals surface area (Å²) < 4.78 is 25.5. The van der Waals surface area contributed by atoms with Crippen LogP contribution < -0.4 is 4.74 Å². The van der Waals surface area contributed by atoms with Crippen molar-refractivity contribution in [3.05, 3.63) is 35.1 Å². The molecule has 6 heteroatoms. The molecule has 0 aliphatic carbocycles. The fourth-order valence-corrected chi connectivity index (χ4v) is 9.69. The summed E-state index contributed by atoms with van der Waals surface area (Å²) in [5, 5.41) is 20.9. The third-order valence-electron chi connectivity index (χ3n) is 5.86. The number of nitrogens with zero attached hydrogens (tertiary/aromatic N) is 1. The van der Waals surface area contributed by atoms with Crippen molar-refractivity contribution >= 4 is 18.8 Å². The van der Waals surface area contributed by atoms with Crippen LogP contribution in [-0.2, 0) is 4.74 Å². The Morgan fingerprint density at radius 1 is 1.07 bits per heavy atom. The molecule has 0 unspecified atom stereocenters. The molecule has 0 saturated carbocycles. The van der Waals surface area contributed by atoms with Gasteiger partial charge in [-0.3, -0.25) is 0 Å². The van der Waals surface area contributed by atoms with Gasteiger partial charge in [0.25, 0.3) is 0 Å². The molecule has 0 bridgehead atoms. The van der Waals surface area contributed by atoms with E-state index in [1.165, 1.54) is 19.2 Å². The molecule has 0 amide bonds. The summed E-state index contributed by atoms with van der Waals surface area (Å²) in [4.78, 5) is 0.